The van der Waals surface area contributed by atoms with Crippen molar-refractivity contribution in [2.75, 3.05) is 39.5 Å². The summed E-state index contributed by atoms with van der Waals surface area (Å²) in [5.74, 6) is 0. The lowest BCUT2D eigenvalue weighted by molar-refractivity contribution is 0.0894. The predicted molar refractivity (Wildman–Crippen MR) is 73.1 cm³/mol. The van der Waals surface area contributed by atoms with Gasteiger partial charge in [0.25, 0.3) is 0 Å². The third kappa shape index (κ3) is 3.23. The van der Waals surface area contributed by atoms with E-state index in [1.54, 1.807) is 4.31 Å². The van der Waals surface area contributed by atoms with Gasteiger partial charge in [0.2, 0.25) is 10.0 Å². The molecule has 0 aromatic heterocycles. The fourth-order valence-electron chi connectivity index (χ4n) is 3.25. The highest BCUT2D eigenvalue weighted by Gasteiger charge is 2.32. The molecule has 0 radical (unpaired) electrons. The molecule has 1 heterocycles. The smallest absolute Gasteiger partial charge is 0.211 e. The van der Waals surface area contributed by atoms with Gasteiger partial charge in [0.1, 0.15) is 0 Å². The van der Waals surface area contributed by atoms with E-state index in [1.165, 1.54) is 31.9 Å². The predicted octanol–water partition coefficient (Wildman–Crippen LogP) is 0.0942. The van der Waals surface area contributed by atoms with Gasteiger partial charge < -0.3 is 5.32 Å². The van der Waals surface area contributed by atoms with Gasteiger partial charge in [-0.25, -0.2) is 8.42 Å². The van der Waals surface area contributed by atoms with Crippen LogP contribution < -0.4 is 5.32 Å². The number of nitrogens with one attached hydrogen (secondary N) is 1. The van der Waals surface area contributed by atoms with Gasteiger partial charge in [-0.1, -0.05) is 12.8 Å². The molecule has 1 aliphatic carbocycles. The Hall–Kier alpha value is -0.170. The molecule has 0 spiro atoms. The summed E-state index contributed by atoms with van der Waals surface area (Å²) in [6.45, 7) is 3.03. The Morgan fingerprint density at radius 1 is 1.06 bits per heavy atom. The summed E-state index contributed by atoms with van der Waals surface area (Å²) >= 11 is 0. The van der Waals surface area contributed by atoms with E-state index in [0.29, 0.717) is 25.2 Å². The van der Waals surface area contributed by atoms with Gasteiger partial charge in [0.05, 0.1) is 6.26 Å². The van der Waals surface area contributed by atoms with Crippen LogP contribution in [-0.2, 0) is 10.0 Å². The number of hydrogen-bond acceptors (Lipinski definition) is 4. The molecule has 2 rings (SSSR count). The van der Waals surface area contributed by atoms with Gasteiger partial charge in [-0.15, -0.1) is 0 Å². The van der Waals surface area contributed by atoms with E-state index in [9.17, 15) is 8.42 Å². The molecule has 0 aromatic rings. The quantitative estimate of drug-likeness (QED) is 0.793. The zero-order chi connectivity index (χ0) is 13.2. The molecule has 5 nitrogen and oxygen atoms in total. The topological polar surface area (TPSA) is 52.6 Å². The van der Waals surface area contributed by atoms with Crippen molar-refractivity contribution >= 4 is 10.0 Å². The van der Waals surface area contributed by atoms with Crippen LogP contribution in [0.1, 0.15) is 25.7 Å². The van der Waals surface area contributed by atoms with Gasteiger partial charge in [0, 0.05) is 38.3 Å². The standard InChI is InChI=1S/C12H25N3O2S/c1-13-11-5-3-4-6-12(11)14-7-9-15(10-8-14)18(2,16)17/h11-13H,3-10H2,1-2H3. The molecule has 6 heteroatoms. The zero-order valence-electron chi connectivity index (χ0n) is 11.4. The molecule has 0 aromatic carbocycles. The Labute approximate surface area is 111 Å². The second-order valence-electron chi connectivity index (χ2n) is 5.44. The largest absolute Gasteiger partial charge is 0.315 e. The van der Waals surface area contributed by atoms with Crippen molar-refractivity contribution in [3.05, 3.63) is 0 Å². The third-order valence-electron chi connectivity index (χ3n) is 4.31. The lowest BCUT2D eigenvalue weighted by Gasteiger charge is -2.43. The van der Waals surface area contributed by atoms with E-state index in [-0.39, 0.29) is 0 Å². The monoisotopic (exact) mass is 275 g/mol. The van der Waals surface area contributed by atoms with Gasteiger partial charge in [-0.05, 0) is 19.9 Å². The van der Waals surface area contributed by atoms with Gasteiger partial charge in [-0.3, -0.25) is 4.90 Å². The Bertz CT molecular complexity index is 364. The van der Waals surface area contributed by atoms with Gasteiger partial charge in [0.15, 0.2) is 0 Å². The molecular formula is C12H25N3O2S. The van der Waals surface area contributed by atoms with Crippen LogP contribution in [0.5, 0.6) is 0 Å². The van der Waals surface area contributed by atoms with E-state index >= 15 is 0 Å². The molecule has 0 bridgehead atoms. The van der Waals surface area contributed by atoms with Crippen LogP contribution in [0.4, 0.5) is 0 Å². The van der Waals surface area contributed by atoms with Crippen LogP contribution in [0, 0.1) is 0 Å². The molecule has 18 heavy (non-hydrogen) atoms. The fraction of sp³-hybridized carbons (Fsp3) is 1.00. The van der Waals surface area contributed by atoms with Crippen molar-refractivity contribution in [1.82, 2.24) is 14.5 Å². The highest BCUT2D eigenvalue weighted by atomic mass is 32.2. The number of sulfonamides is 1. The summed E-state index contributed by atoms with van der Waals surface area (Å²) in [4.78, 5) is 2.47. The Balaban J connectivity index is 1.92. The molecule has 106 valence electrons. The van der Waals surface area contributed by atoms with E-state index in [1.807, 2.05) is 7.05 Å². The van der Waals surface area contributed by atoms with Crippen LogP contribution in [0.2, 0.25) is 0 Å². The first kappa shape index (κ1) is 14.2. The highest BCUT2D eigenvalue weighted by molar-refractivity contribution is 7.88. The zero-order valence-corrected chi connectivity index (χ0v) is 12.2. The molecule has 1 aliphatic heterocycles. The lowest BCUT2D eigenvalue weighted by atomic mass is 9.89. The normalized spacial score (nSPS) is 32.6. The molecule has 2 aliphatic rings. The second kappa shape index (κ2) is 5.86. The first-order valence-corrected chi connectivity index (χ1v) is 8.73. The summed E-state index contributed by atoms with van der Waals surface area (Å²) in [6.07, 6.45) is 6.40. The van der Waals surface area contributed by atoms with Crippen molar-refractivity contribution in [2.45, 2.75) is 37.8 Å². The number of likely N-dealkylation sites (N-methyl/N-ethyl adjacent to an activating group) is 1. The molecule has 1 N–H and O–H groups in total. The van der Waals surface area contributed by atoms with Crippen molar-refractivity contribution in [3.8, 4) is 0 Å². The highest BCUT2D eigenvalue weighted by Crippen LogP contribution is 2.24. The third-order valence-corrected chi connectivity index (χ3v) is 5.61. The fourth-order valence-corrected chi connectivity index (χ4v) is 4.08. The van der Waals surface area contributed by atoms with E-state index in [4.69, 9.17) is 0 Å². The Kier molecular flexibility index (Phi) is 4.64. The summed E-state index contributed by atoms with van der Waals surface area (Å²) in [7, 11) is -0.971. The summed E-state index contributed by atoms with van der Waals surface area (Å²) in [5.41, 5.74) is 0. The molecule has 2 fully saturated rings. The van der Waals surface area contributed by atoms with Crippen molar-refractivity contribution in [1.29, 1.82) is 0 Å². The van der Waals surface area contributed by atoms with Crippen molar-refractivity contribution in [3.63, 3.8) is 0 Å². The molecule has 0 amide bonds. The lowest BCUT2D eigenvalue weighted by Crippen LogP contribution is -2.57. The number of nitrogens with zero attached hydrogens (tertiary/aromatic N) is 2. The molecule has 2 unspecified atom stereocenters. The van der Waals surface area contributed by atoms with Crippen molar-refractivity contribution < 1.29 is 8.42 Å². The first-order chi connectivity index (χ1) is 8.52. The summed E-state index contributed by atoms with van der Waals surface area (Å²) in [5, 5.41) is 3.42. The summed E-state index contributed by atoms with van der Waals surface area (Å²) in [6, 6.07) is 1.16. The van der Waals surface area contributed by atoms with Crippen LogP contribution >= 0.6 is 0 Å². The van der Waals surface area contributed by atoms with Crippen molar-refractivity contribution in [2.24, 2.45) is 0 Å². The van der Waals surface area contributed by atoms with Gasteiger partial charge in [-0.2, -0.15) is 4.31 Å². The van der Waals surface area contributed by atoms with Crippen LogP contribution in [0.3, 0.4) is 0 Å². The molecule has 1 saturated heterocycles. The molecule has 1 saturated carbocycles. The minimum absolute atomic E-state index is 0.573. The SMILES string of the molecule is CNC1CCCCC1N1CCN(S(C)(=O)=O)CC1. The average molecular weight is 275 g/mol. The Morgan fingerprint density at radius 3 is 2.22 bits per heavy atom. The molecule has 2 atom stereocenters. The number of piperazine rings is 1. The molecular weight excluding hydrogens is 250 g/mol. The number of rotatable bonds is 3. The maximum absolute atomic E-state index is 11.5. The van der Waals surface area contributed by atoms with Gasteiger partial charge >= 0.3 is 0 Å². The summed E-state index contributed by atoms with van der Waals surface area (Å²) < 4.78 is 24.6. The maximum Gasteiger partial charge on any atom is 0.211 e. The second-order valence-corrected chi connectivity index (χ2v) is 7.43. The minimum atomic E-state index is -3.01. The Morgan fingerprint density at radius 2 is 1.67 bits per heavy atom. The minimum Gasteiger partial charge on any atom is -0.315 e. The average Bonchev–Trinajstić information content (AvgIpc) is 2.38. The van der Waals surface area contributed by atoms with Crippen LogP contribution in [0.15, 0.2) is 0 Å². The first-order valence-electron chi connectivity index (χ1n) is 6.89. The number of hydrogen-bond donors (Lipinski definition) is 1. The maximum atomic E-state index is 11.5. The van der Waals surface area contributed by atoms with E-state index < -0.39 is 10.0 Å². The van der Waals surface area contributed by atoms with E-state index in [0.717, 1.165) is 13.1 Å². The van der Waals surface area contributed by atoms with Crippen LogP contribution in [0.25, 0.3) is 0 Å². The van der Waals surface area contributed by atoms with Crippen LogP contribution in [-0.4, -0.2) is 69.2 Å². The van der Waals surface area contributed by atoms with E-state index in [2.05, 4.69) is 10.2 Å².